The summed E-state index contributed by atoms with van der Waals surface area (Å²) >= 11 is 0. The van der Waals surface area contributed by atoms with E-state index in [-0.39, 0.29) is 11.7 Å². The Morgan fingerprint density at radius 3 is 2.27 bits per heavy atom. The van der Waals surface area contributed by atoms with Crippen molar-refractivity contribution in [2.24, 2.45) is 0 Å². The maximum absolute atomic E-state index is 14.0. The van der Waals surface area contributed by atoms with Gasteiger partial charge in [-0.05, 0) is 23.1 Å². The second-order valence-electron chi connectivity index (χ2n) is 7.80. The van der Waals surface area contributed by atoms with E-state index in [4.69, 9.17) is 0 Å². The number of anilines is 1. The molecule has 4 heteroatoms. The molecule has 0 saturated heterocycles. The van der Waals surface area contributed by atoms with E-state index in [2.05, 4.69) is 5.32 Å². The number of nitrogens with one attached hydrogen (secondary N) is 1. The molecule has 1 N–H and O–H groups in total. The van der Waals surface area contributed by atoms with Crippen molar-refractivity contribution in [2.45, 2.75) is 12.2 Å². The van der Waals surface area contributed by atoms with Crippen LogP contribution < -0.4 is 5.32 Å². The Balaban J connectivity index is 1.64. The number of hydrogen-bond donors (Lipinski definition) is 1. The topological polar surface area (TPSA) is 49.4 Å². The summed E-state index contributed by atoms with van der Waals surface area (Å²) in [6.07, 6.45) is 0. The standard InChI is InChI=1S/C26H18N2O2/c29-24-20-13-6-10-18-11-7-14-21(23(18)20)26(24)27-22-15-5-4-12-19(22)25(30)28(26)16-17-8-2-1-3-9-17/h1-15,27H,16H2. The normalized spacial score (nSPS) is 19.3. The van der Waals surface area contributed by atoms with E-state index in [1.807, 2.05) is 91.0 Å². The third-order valence-electron chi connectivity index (χ3n) is 6.17. The summed E-state index contributed by atoms with van der Waals surface area (Å²) in [5.74, 6) is -0.237. The Bertz CT molecular complexity index is 1340. The average Bonchev–Trinajstić information content (AvgIpc) is 3.03. The molecule has 0 saturated carbocycles. The fraction of sp³-hybridized carbons (Fsp3) is 0.0769. The van der Waals surface area contributed by atoms with Crippen molar-refractivity contribution in [3.8, 4) is 0 Å². The zero-order chi connectivity index (χ0) is 20.3. The highest BCUT2D eigenvalue weighted by molar-refractivity contribution is 6.23. The van der Waals surface area contributed by atoms with Crippen LogP contribution in [0.1, 0.15) is 31.8 Å². The maximum Gasteiger partial charge on any atom is 0.258 e. The van der Waals surface area contributed by atoms with Crippen LogP contribution in [0.15, 0.2) is 91.0 Å². The molecule has 1 atom stereocenters. The van der Waals surface area contributed by atoms with Crippen molar-refractivity contribution in [1.29, 1.82) is 0 Å². The molecule has 0 fully saturated rings. The van der Waals surface area contributed by atoms with Gasteiger partial charge in [-0.3, -0.25) is 9.59 Å². The van der Waals surface area contributed by atoms with Gasteiger partial charge in [-0.15, -0.1) is 0 Å². The number of para-hydroxylation sites is 1. The lowest BCUT2D eigenvalue weighted by molar-refractivity contribution is 0.0423. The molecule has 1 amide bonds. The largest absolute Gasteiger partial charge is 0.352 e. The lowest BCUT2D eigenvalue weighted by Crippen LogP contribution is -2.60. The molecule has 1 unspecified atom stereocenters. The SMILES string of the molecule is O=C1c2ccccc2NC2(C(=O)c3cccc4cccc2c34)N1Cc1ccccc1. The summed E-state index contributed by atoms with van der Waals surface area (Å²) in [5.41, 5.74) is 2.47. The van der Waals surface area contributed by atoms with Crippen LogP contribution in [0, 0.1) is 0 Å². The Labute approximate surface area is 173 Å². The second kappa shape index (κ2) is 6.04. The molecule has 0 bridgehead atoms. The van der Waals surface area contributed by atoms with E-state index in [0.29, 0.717) is 23.4 Å². The summed E-state index contributed by atoms with van der Waals surface area (Å²) in [7, 11) is 0. The van der Waals surface area contributed by atoms with Crippen LogP contribution in [0.5, 0.6) is 0 Å². The van der Waals surface area contributed by atoms with Crippen molar-refractivity contribution in [1.82, 2.24) is 4.90 Å². The summed E-state index contributed by atoms with van der Waals surface area (Å²) in [6.45, 7) is 0.330. The van der Waals surface area contributed by atoms with Crippen molar-refractivity contribution >= 4 is 28.2 Å². The number of carbonyl (C=O) groups is 2. The number of carbonyl (C=O) groups excluding carboxylic acids is 2. The molecular formula is C26H18N2O2. The van der Waals surface area contributed by atoms with Crippen molar-refractivity contribution in [3.05, 3.63) is 113 Å². The van der Waals surface area contributed by atoms with Crippen LogP contribution in [-0.2, 0) is 12.2 Å². The summed E-state index contributed by atoms with van der Waals surface area (Å²) in [6, 6.07) is 28.9. The first kappa shape index (κ1) is 17.0. The molecule has 0 aromatic heterocycles. The molecule has 2 aliphatic rings. The van der Waals surface area contributed by atoms with Gasteiger partial charge in [-0.1, -0.05) is 78.9 Å². The number of fused-ring (bicyclic) bond motifs is 2. The van der Waals surface area contributed by atoms with E-state index in [1.54, 1.807) is 4.90 Å². The van der Waals surface area contributed by atoms with Gasteiger partial charge in [0.25, 0.3) is 5.91 Å². The predicted octanol–water partition coefficient (Wildman–Crippen LogP) is 4.96. The number of rotatable bonds is 2. The predicted molar refractivity (Wildman–Crippen MR) is 116 cm³/mol. The maximum atomic E-state index is 14.0. The number of Topliss-reactive ketones (excluding diaryl/α,β-unsaturated/α-hetero) is 1. The van der Waals surface area contributed by atoms with Crippen LogP contribution in [0.2, 0.25) is 0 Å². The molecule has 1 aliphatic carbocycles. The Morgan fingerprint density at radius 2 is 1.43 bits per heavy atom. The van der Waals surface area contributed by atoms with E-state index in [9.17, 15) is 9.59 Å². The quantitative estimate of drug-likeness (QED) is 0.526. The minimum atomic E-state index is -1.26. The first-order valence-corrected chi connectivity index (χ1v) is 10.0. The van der Waals surface area contributed by atoms with Gasteiger partial charge in [0.2, 0.25) is 11.4 Å². The van der Waals surface area contributed by atoms with Gasteiger partial charge in [0.15, 0.2) is 0 Å². The Kier molecular flexibility index (Phi) is 3.42. The summed E-state index contributed by atoms with van der Waals surface area (Å²) in [4.78, 5) is 29.4. The van der Waals surface area contributed by atoms with E-state index in [1.165, 1.54) is 0 Å². The van der Waals surface area contributed by atoms with E-state index < -0.39 is 5.66 Å². The number of benzene rings is 4. The third kappa shape index (κ3) is 2.10. The number of ketones is 1. The smallest absolute Gasteiger partial charge is 0.258 e. The number of nitrogens with zero attached hydrogens (tertiary/aromatic N) is 1. The molecule has 144 valence electrons. The minimum Gasteiger partial charge on any atom is -0.352 e. The minimum absolute atomic E-state index is 0.0897. The van der Waals surface area contributed by atoms with Crippen LogP contribution in [0.25, 0.3) is 10.8 Å². The summed E-state index contributed by atoms with van der Waals surface area (Å²) < 4.78 is 0. The Morgan fingerprint density at radius 1 is 0.733 bits per heavy atom. The third-order valence-corrected chi connectivity index (χ3v) is 6.17. The molecule has 4 aromatic rings. The molecular weight excluding hydrogens is 372 g/mol. The van der Waals surface area contributed by atoms with Gasteiger partial charge in [-0.25, -0.2) is 0 Å². The number of hydrogen-bond acceptors (Lipinski definition) is 3. The highest BCUT2D eigenvalue weighted by Crippen LogP contribution is 2.48. The molecule has 1 heterocycles. The summed E-state index contributed by atoms with van der Waals surface area (Å²) in [5, 5.41) is 5.41. The first-order chi connectivity index (χ1) is 14.7. The highest BCUT2D eigenvalue weighted by Gasteiger charge is 2.56. The molecule has 1 aliphatic heterocycles. The molecule has 6 rings (SSSR count). The fourth-order valence-corrected chi connectivity index (χ4v) is 4.84. The zero-order valence-corrected chi connectivity index (χ0v) is 16.1. The fourth-order valence-electron chi connectivity index (χ4n) is 4.84. The lowest BCUT2D eigenvalue weighted by Gasteiger charge is -2.45. The number of amides is 1. The lowest BCUT2D eigenvalue weighted by atomic mass is 9.91. The Hall–Kier alpha value is -3.92. The van der Waals surface area contributed by atoms with Crippen LogP contribution in [0.4, 0.5) is 5.69 Å². The average molecular weight is 390 g/mol. The van der Waals surface area contributed by atoms with E-state index in [0.717, 1.165) is 21.9 Å². The van der Waals surface area contributed by atoms with Crippen molar-refractivity contribution in [3.63, 3.8) is 0 Å². The molecule has 1 spiro atoms. The molecule has 30 heavy (non-hydrogen) atoms. The van der Waals surface area contributed by atoms with Gasteiger partial charge < -0.3 is 10.2 Å². The van der Waals surface area contributed by atoms with Crippen molar-refractivity contribution < 1.29 is 9.59 Å². The molecule has 4 aromatic carbocycles. The van der Waals surface area contributed by atoms with Gasteiger partial charge in [-0.2, -0.15) is 0 Å². The van der Waals surface area contributed by atoms with E-state index >= 15 is 0 Å². The van der Waals surface area contributed by atoms with Gasteiger partial charge >= 0.3 is 0 Å². The van der Waals surface area contributed by atoms with Crippen molar-refractivity contribution in [2.75, 3.05) is 5.32 Å². The highest BCUT2D eigenvalue weighted by atomic mass is 16.2. The molecule has 4 nitrogen and oxygen atoms in total. The first-order valence-electron chi connectivity index (χ1n) is 10.0. The van der Waals surface area contributed by atoms with Gasteiger partial charge in [0, 0.05) is 28.7 Å². The van der Waals surface area contributed by atoms with Crippen LogP contribution in [-0.4, -0.2) is 16.6 Å². The zero-order valence-electron chi connectivity index (χ0n) is 16.1. The molecule has 0 radical (unpaired) electrons. The van der Waals surface area contributed by atoms with Crippen LogP contribution >= 0.6 is 0 Å². The monoisotopic (exact) mass is 390 g/mol. The second-order valence-corrected chi connectivity index (χ2v) is 7.80. The van der Waals surface area contributed by atoms with Gasteiger partial charge in [0.05, 0.1) is 5.56 Å². The van der Waals surface area contributed by atoms with Crippen LogP contribution in [0.3, 0.4) is 0 Å². The van der Waals surface area contributed by atoms with Gasteiger partial charge in [0.1, 0.15) is 0 Å².